The summed E-state index contributed by atoms with van der Waals surface area (Å²) in [6.07, 6.45) is 1.68. The summed E-state index contributed by atoms with van der Waals surface area (Å²) in [4.78, 5) is 18.6. The van der Waals surface area contributed by atoms with Gasteiger partial charge < -0.3 is 9.64 Å². The standard InChI is InChI=1S/C16H17ClN2O2/c1-3-8-19(9-10-21-2)16(20)15-11-13(17)12-6-4-5-7-14(12)18-15/h3-7,11H,1,8-10H2,2H3. The van der Waals surface area contributed by atoms with Crippen LogP contribution in [0.25, 0.3) is 10.9 Å². The quantitative estimate of drug-likeness (QED) is 0.770. The van der Waals surface area contributed by atoms with Crippen molar-refractivity contribution in [3.63, 3.8) is 0 Å². The number of carbonyl (C=O) groups excluding carboxylic acids is 1. The van der Waals surface area contributed by atoms with Crippen molar-refractivity contribution < 1.29 is 9.53 Å². The van der Waals surface area contributed by atoms with Gasteiger partial charge in [-0.25, -0.2) is 4.98 Å². The number of nitrogens with zero attached hydrogens (tertiary/aromatic N) is 2. The second-order valence-corrected chi connectivity index (χ2v) is 4.95. The van der Waals surface area contributed by atoms with Crippen LogP contribution < -0.4 is 0 Å². The van der Waals surface area contributed by atoms with Gasteiger partial charge in [0.1, 0.15) is 5.69 Å². The zero-order valence-corrected chi connectivity index (χ0v) is 12.6. The lowest BCUT2D eigenvalue weighted by Crippen LogP contribution is -2.34. The number of ether oxygens (including phenoxy) is 1. The lowest BCUT2D eigenvalue weighted by molar-refractivity contribution is 0.0713. The van der Waals surface area contributed by atoms with Crippen LogP contribution in [0, 0.1) is 0 Å². The van der Waals surface area contributed by atoms with Crippen molar-refractivity contribution in [3.05, 3.63) is 53.7 Å². The summed E-state index contributed by atoms with van der Waals surface area (Å²) >= 11 is 6.24. The number of amides is 1. The average Bonchev–Trinajstić information content (AvgIpc) is 2.50. The molecule has 1 amide bonds. The number of hydrogen-bond donors (Lipinski definition) is 0. The number of fused-ring (bicyclic) bond motifs is 1. The number of pyridine rings is 1. The highest BCUT2D eigenvalue weighted by Gasteiger charge is 2.17. The number of aromatic nitrogens is 1. The first kappa shape index (κ1) is 15.5. The molecule has 2 aromatic rings. The van der Waals surface area contributed by atoms with Crippen molar-refractivity contribution >= 4 is 28.4 Å². The Labute approximate surface area is 129 Å². The first-order valence-electron chi connectivity index (χ1n) is 6.61. The van der Waals surface area contributed by atoms with Crippen molar-refractivity contribution in [2.45, 2.75) is 0 Å². The zero-order valence-electron chi connectivity index (χ0n) is 11.9. The van der Waals surface area contributed by atoms with E-state index in [1.807, 2.05) is 24.3 Å². The normalized spacial score (nSPS) is 10.6. The van der Waals surface area contributed by atoms with Gasteiger partial charge in [-0.05, 0) is 12.1 Å². The fourth-order valence-electron chi connectivity index (χ4n) is 2.04. The molecule has 0 saturated heterocycles. The molecule has 0 atom stereocenters. The summed E-state index contributed by atoms with van der Waals surface area (Å²) < 4.78 is 5.02. The Hall–Kier alpha value is -1.91. The van der Waals surface area contributed by atoms with E-state index in [0.717, 1.165) is 5.39 Å². The van der Waals surface area contributed by atoms with Crippen LogP contribution in [0.15, 0.2) is 43.0 Å². The van der Waals surface area contributed by atoms with Crippen LogP contribution in [-0.2, 0) is 4.74 Å². The van der Waals surface area contributed by atoms with E-state index in [1.165, 1.54) is 0 Å². The lowest BCUT2D eigenvalue weighted by Gasteiger charge is -2.20. The van der Waals surface area contributed by atoms with Crippen molar-refractivity contribution in [2.75, 3.05) is 26.8 Å². The summed E-state index contributed by atoms with van der Waals surface area (Å²) in [6, 6.07) is 9.08. The third-order valence-electron chi connectivity index (χ3n) is 3.09. The van der Waals surface area contributed by atoms with Gasteiger partial charge in [-0.1, -0.05) is 35.9 Å². The molecule has 0 unspecified atom stereocenters. The molecule has 1 aromatic carbocycles. The second kappa shape index (κ2) is 7.20. The lowest BCUT2D eigenvalue weighted by atomic mass is 10.2. The monoisotopic (exact) mass is 304 g/mol. The van der Waals surface area contributed by atoms with E-state index in [0.29, 0.717) is 35.9 Å². The Bertz CT molecular complexity index is 658. The Morgan fingerprint density at radius 2 is 2.24 bits per heavy atom. The fourth-order valence-corrected chi connectivity index (χ4v) is 2.30. The highest BCUT2D eigenvalue weighted by Crippen LogP contribution is 2.23. The van der Waals surface area contributed by atoms with Gasteiger partial charge in [0.05, 0.1) is 17.1 Å². The molecule has 1 heterocycles. The molecule has 0 bridgehead atoms. The summed E-state index contributed by atoms with van der Waals surface area (Å²) in [6.45, 7) is 5.05. The van der Waals surface area contributed by atoms with Crippen molar-refractivity contribution in [2.24, 2.45) is 0 Å². The van der Waals surface area contributed by atoms with Crippen LogP contribution in [-0.4, -0.2) is 42.6 Å². The van der Waals surface area contributed by atoms with E-state index >= 15 is 0 Å². The molecular weight excluding hydrogens is 288 g/mol. The van der Waals surface area contributed by atoms with Crippen LogP contribution in [0.2, 0.25) is 5.02 Å². The molecule has 0 saturated carbocycles. The molecule has 0 aliphatic carbocycles. The van der Waals surface area contributed by atoms with Crippen LogP contribution in [0.4, 0.5) is 0 Å². The Morgan fingerprint density at radius 1 is 1.48 bits per heavy atom. The third-order valence-corrected chi connectivity index (χ3v) is 3.40. The van der Waals surface area contributed by atoms with Crippen LogP contribution >= 0.6 is 11.6 Å². The molecule has 0 aliphatic heterocycles. The highest BCUT2D eigenvalue weighted by molar-refractivity contribution is 6.35. The number of carbonyl (C=O) groups is 1. The predicted molar refractivity (Wildman–Crippen MR) is 84.7 cm³/mol. The van der Waals surface area contributed by atoms with Crippen molar-refractivity contribution in [1.82, 2.24) is 9.88 Å². The van der Waals surface area contributed by atoms with Gasteiger partial charge in [0, 0.05) is 25.6 Å². The summed E-state index contributed by atoms with van der Waals surface area (Å²) in [5.74, 6) is -0.181. The Balaban J connectivity index is 2.34. The van der Waals surface area contributed by atoms with E-state index in [-0.39, 0.29) is 5.91 Å². The number of rotatable bonds is 6. The highest BCUT2D eigenvalue weighted by atomic mass is 35.5. The first-order valence-corrected chi connectivity index (χ1v) is 6.99. The minimum atomic E-state index is -0.181. The number of halogens is 1. The summed E-state index contributed by atoms with van der Waals surface area (Å²) in [5, 5.41) is 1.36. The largest absolute Gasteiger partial charge is 0.383 e. The molecule has 4 nitrogen and oxygen atoms in total. The van der Waals surface area contributed by atoms with Gasteiger partial charge in [-0.3, -0.25) is 4.79 Å². The fraction of sp³-hybridized carbons (Fsp3) is 0.250. The zero-order chi connectivity index (χ0) is 15.2. The van der Waals surface area contributed by atoms with Crippen LogP contribution in [0.5, 0.6) is 0 Å². The Morgan fingerprint density at radius 3 is 2.95 bits per heavy atom. The molecule has 0 spiro atoms. The average molecular weight is 305 g/mol. The topological polar surface area (TPSA) is 42.4 Å². The molecule has 0 N–H and O–H groups in total. The molecule has 21 heavy (non-hydrogen) atoms. The molecular formula is C16H17ClN2O2. The number of benzene rings is 1. The minimum absolute atomic E-state index is 0.181. The van der Waals surface area contributed by atoms with Crippen molar-refractivity contribution in [1.29, 1.82) is 0 Å². The molecule has 110 valence electrons. The predicted octanol–water partition coefficient (Wildman–Crippen LogP) is 3.16. The van der Waals surface area contributed by atoms with Gasteiger partial charge in [0.25, 0.3) is 5.91 Å². The number of methoxy groups -OCH3 is 1. The van der Waals surface area contributed by atoms with Gasteiger partial charge in [-0.2, -0.15) is 0 Å². The maximum Gasteiger partial charge on any atom is 0.272 e. The third kappa shape index (κ3) is 3.60. The van der Waals surface area contributed by atoms with E-state index < -0.39 is 0 Å². The first-order chi connectivity index (χ1) is 10.2. The molecule has 2 rings (SSSR count). The molecule has 5 heteroatoms. The molecule has 0 radical (unpaired) electrons. The van der Waals surface area contributed by atoms with E-state index in [1.54, 1.807) is 24.2 Å². The van der Waals surface area contributed by atoms with Crippen LogP contribution in [0.3, 0.4) is 0 Å². The maximum absolute atomic E-state index is 12.5. The van der Waals surface area contributed by atoms with Crippen molar-refractivity contribution in [3.8, 4) is 0 Å². The van der Waals surface area contributed by atoms with E-state index in [9.17, 15) is 4.79 Å². The van der Waals surface area contributed by atoms with Gasteiger partial charge in [-0.15, -0.1) is 6.58 Å². The van der Waals surface area contributed by atoms with Gasteiger partial charge in [0.2, 0.25) is 0 Å². The molecule has 0 aliphatic rings. The summed E-state index contributed by atoms with van der Waals surface area (Å²) in [5.41, 5.74) is 1.04. The second-order valence-electron chi connectivity index (χ2n) is 4.54. The maximum atomic E-state index is 12.5. The Kier molecular flexibility index (Phi) is 5.31. The van der Waals surface area contributed by atoms with Gasteiger partial charge in [0.15, 0.2) is 0 Å². The smallest absolute Gasteiger partial charge is 0.272 e. The van der Waals surface area contributed by atoms with E-state index in [4.69, 9.17) is 16.3 Å². The van der Waals surface area contributed by atoms with Gasteiger partial charge >= 0.3 is 0 Å². The number of para-hydroxylation sites is 1. The summed E-state index contributed by atoms with van der Waals surface area (Å²) in [7, 11) is 1.60. The van der Waals surface area contributed by atoms with E-state index in [2.05, 4.69) is 11.6 Å². The molecule has 0 fully saturated rings. The number of hydrogen-bond acceptors (Lipinski definition) is 3. The SMILES string of the molecule is C=CCN(CCOC)C(=O)c1cc(Cl)c2ccccc2n1. The van der Waals surface area contributed by atoms with Crippen LogP contribution in [0.1, 0.15) is 10.5 Å². The molecule has 1 aromatic heterocycles. The minimum Gasteiger partial charge on any atom is -0.383 e.